The summed E-state index contributed by atoms with van der Waals surface area (Å²) in [5.41, 5.74) is 0.487. The maximum atomic E-state index is 12.1. The molecule has 0 spiro atoms. The van der Waals surface area contributed by atoms with Crippen LogP contribution < -0.4 is 10.1 Å². The molecule has 0 saturated heterocycles. The number of hydrogen-bond donors (Lipinski definition) is 2. The number of rotatable bonds is 4. The molecule has 1 aliphatic rings. The van der Waals surface area contributed by atoms with Gasteiger partial charge in [-0.25, -0.2) is 0 Å². The van der Waals surface area contributed by atoms with Crippen molar-refractivity contribution in [2.45, 2.75) is 39.0 Å². The van der Waals surface area contributed by atoms with Gasteiger partial charge in [0.1, 0.15) is 11.5 Å². The van der Waals surface area contributed by atoms with Crippen molar-refractivity contribution in [3.05, 3.63) is 23.8 Å². The maximum absolute atomic E-state index is 12.1. The minimum atomic E-state index is -0.225. The van der Waals surface area contributed by atoms with Gasteiger partial charge in [-0.3, -0.25) is 4.79 Å². The largest absolute Gasteiger partial charge is 0.507 e. The van der Waals surface area contributed by atoms with E-state index in [9.17, 15) is 9.90 Å². The van der Waals surface area contributed by atoms with E-state index in [-0.39, 0.29) is 17.1 Å². The Labute approximate surface area is 120 Å². The predicted molar refractivity (Wildman–Crippen MR) is 78.2 cm³/mol. The van der Waals surface area contributed by atoms with Crippen molar-refractivity contribution in [3.8, 4) is 11.5 Å². The summed E-state index contributed by atoms with van der Waals surface area (Å²) in [4.78, 5) is 12.1. The van der Waals surface area contributed by atoms with E-state index >= 15 is 0 Å². The normalized spacial score (nSPS) is 17.5. The van der Waals surface area contributed by atoms with Crippen LogP contribution in [-0.4, -0.2) is 24.7 Å². The number of methoxy groups -OCH3 is 1. The molecule has 1 fully saturated rings. The molecule has 0 bridgehead atoms. The van der Waals surface area contributed by atoms with Gasteiger partial charge in [0.15, 0.2) is 0 Å². The fourth-order valence-corrected chi connectivity index (χ4v) is 2.80. The molecule has 0 heterocycles. The molecule has 4 heteroatoms. The molecule has 0 radical (unpaired) electrons. The van der Waals surface area contributed by atoms with Crippen molar-refractivity contribution in [1.82, 2.24) is 5.32 Å². The van der Waals surface area contributed by atoms with Gasteiger partial charge in [-0.1, -0.05) is 26.2 Å². The Bertz CT molecular complexity index is 479. The Morgan fingerprint density at radius 1 is 1.35 bits per heavy atom. The third kappa shape index (κ3) is 3.44. The van der Waals surface area contributed by atoms with Gasteiger partial charge in [-0.2, -0.15) is 0 Å². The highest BCUT2D eigenvalue weighted by molar-refractivity contribution is 5.97. The number of carbonyl (C=O) groups excluding carboxylic acids is 1. The number of benzene rings is 1. The van der Waals surface area contributed by atoms with E-state index < -0.39 is 0 Å². The summed E-state index contributed by atoms with van der Waals surface area (Å²) >= 11 is 0. The maximum Gasteiger partial charge on any atom is 0.255 e. The van der Waals surface area contributed by atoms with E-state index in [1.54, 1.807) is 12.1 Å². The van der Waals surface area contributed by atoms with Gasteiger partial charge < -0.3 is 15.2 Å². The molecule has 2 rings (SSSR count). The first-order valence-electron chi connectivity index (χ1n) is 7.19. The molecule has 0 atom stereocenters. The van der Waals surface area contributed by atoms with Gasteiger partial charge in [0, 0.05) is 12.6 Å². The summed E-state index contributed by atoms with van der Waals surface area (Å²) in [6.07, 6.45) is 6.08. The SMILES string of the molecule is COc1ccc(C(=O)NCC2(C)CCCCC2)c(O)c1. The zero-order chi connectivity index (χ0) is 14.6. The van der Waals surface area contributed by atoms with Crippen LogP contribution in [0.3, 0.4) is 0 Å². The van der Waals surface area contributed by atoms with Crippen LogP contribution in [0.15, 0.2) is 18.2 Å². The number of phenolic OH excluding ortho intramolecular Hbond substituents is 1. The topological polar surface area (TPSA) is 58.6 Å². The van der Waals surface area contributed by atoms with Crippen LogP contribution >= 0.6 is 0 Å². The third-order valence-electron chi connectivity index (χ3n) is 4.19. The van der Waals surface area contributed by atoms with E-state index in [1.807, 2.05) is 0 Å². The summed E-state index contributed by atoms with van der Waals surface area (Å²) in [7, 11) is 1.53. The predicted octanol–water partition coefficient (Wildman–Crippen LogP) is 3.10. The number of amides is 1. The van der Waals surface area contributed by atoms with Crippen LogP contribution in [0.4, 0.5) is 0 Å². The van der Waals surface area contributed by atoms with E-state index in [2.05, 4.69) is 12.2 Å². The smallest absolute Gasteiger partial charge is 0.255 e. The van der Waals surface area contributed by atoms with Gasteiger partial charge in [-0.05, 0) is 30.4 Å². The molecule has 110 valence electrons. The minimum absolute atomic E-state index is 0.0457. The van der Waals surface area contributed by atoms with Crippen LogP contribution in [0.25, 0.3) is 0 Å². The molecule has 1 aromatic carbocycles. The highest BCUT2D eigenvalue weighted by Crippen LogP contribution is 2.35. The summed E-state index contributed by atoms with van der Waals surface area (Å²) in [6, 6.07) is 4.72. The second-order valence-electron chi connectivity index (χ2n) is 5.94. The zero-order valence-corrected chi connectivity index (χ0v) is 12.2. The van der Waals surface area contributed by atoms with Crippen molar-refractivity contribution >= 4 is 5.91 Å². The first-order valence-corrected chi connectivity index (χ1v) is 7.19. The Balaban J connectivity index is 1.98. The molecule has 20 heavy (non-hydrogen) atoms. The summed E-state index contributed by atoms with van der Waals surface area (Å²) < 4.78 is 5.01. The van der Waals surface area contributed by atoms with E-state index in [0.717, 1.165) is 12.8 Å². The Morgan fingerprint density at radius 2 is 2.05 bits per heavy atom. The highest BCUT2D eigenvalue weighted by Gasteiger charge is 2.27. The Hall–Kier alpha value is -1.71. The average Bonchev–Trinajstić information content (AvgIpc) is 2.45. The molecule has 1 aromatic rings. The molecule has 0 aliphatic heterocycles. The molecule has 0 unspecified atom stereocenters. The van der Waals surface area contributed by atoms with Gasteiger partial charge >= 0.3 is 0 Å². The fraction of sp³-hybridized carbons (Fsp3) is 0.562. The Morgan fingerprint density at radius 3 is 2.65 bits per heavy atom. The van der Waals surface area contributed by atoms with Gasteiger partial charge in [0.2, 0.25) is 0 Å². The van der Waals surface area contributed by atoms with E-state index in [0.29, 0.717) is 17.9 Å². The fourth-order valence-electron chi connectivity index (χ4n) is 2.80. The molecule has 0 aromatic heterocycles. The second kappa shape index (κ2) is 6.16. The van der Waals surface area contributed by atoms with Gasteiger partial charge in [0.25, 0.3) is 5.91 Å². The summed E-state index contributed by atoms with van der Waals surface area (Å²) in [6.45, 7) is 2.89. The van der Waals surface area contributed by atoms with Crippen molar-refractivity contribution < 1.29 is 14.6 Å². The molecule has 2 N–H and O–H groups in total. The van der Waals surface area contributed by atoms with Crippen molar-refractivity contribution in [2.75, 3.05) is 13.7 Å². The van der Waals surface area contributed by atoms with Crippen LogP contribution in [0, 0.1) is 5.41 Å². The molecule has 1 amide bonds. The van der Waals surface area contributed by atoms with Crippen LogP contribution in [-0.2, 0) is 0 Å². The molecule has 1 saturated carbocycles. The number of aromatic hydroxyl groups is 1. The summed E-state index contributed by atoms with van der Waals surface area (Å²) in [5.74, 6) is 0.269. The Kier molecular flexibility index (Phi) is 4.53. The van der Waals surface area contributed by atoms with Crippen LogP contribution in [0.2, 0.25) is 0 Å². The number of nitrogens with one attached hydrogen (secondary N) is 1. The number of ether oxygens (including phenoxy) is 1. The van der Waals surface area contributed by atoms with Gasteiger partial charge in [0.05, 0.1) is 12.7 Å². The minimum Gasteiger partial charge on any atom is -0.507 e. The highest BCUT2D eigenvalue weighted by atomic mass is 16.5. The lowest BCUT2D eigenvalue weighted by Gasteiger charge is -2.33. The standard InChI is InChI=1S/C16H23NO3/c1-16(8-4-3-5-9-16)11-17-15(19)13-7-6-12(20-2)10-14(13)18/h6-7,10,18H,3-5,8-9,11H2,1-2H3,(H,17,19). The molecule has 1 aliphatic carbocycles. The number of phenols is 1. The van der Waals surface area contributed by atoms with E-state index in [4.69, 9.17) is 4.74 Å². The van der Waals surface area contributed by atoms with Crippen molar-refractivity contribution in [3.63, 3.8) is 0 Å². The number of carbonyl (C=O) groups is 1. The first kappa shape index (κ1) is 14.7. The summed E-state index contributed by atoms with van der Waals surface area (Å²) in [5, 5.41) is 12.8. The van der Waals surface area contributed by atoms with Crippen molar-refractivity contribution in [1.29, 1.82) is 0 Å². The molecule has 4 nitrogen and oxygen atoms in total. The van der Waals surface area contributed by atoms with Crippen molar-refractivity contribution in [2.24, 2.45) is 5.41 Å². The van der Waals surface area contributed by atoms with E-state index in [1.165, 1.54) is 32.4 Å². The number of hydrogen-bond acceptors (Lipinski definition) is 3. The third-order valence-corrected chi connectivity index (χ3v) is 4.19. The van der Waals surface area contributed by atoms with Gasteiger partial charge in [-0.15, -0.1) is 0 Å². The lowest BCUT2D eigenvalue weighted by Crippen LogP contribution is -2.37. The van der Waals surface area contributed by atoms with Crippen LogP contribution in [0.1, 0.15) is 49.4 Å². The molecular weight excluding hydrogens is 254 g/mol. The lowest BCUT2D eigenvalue weighted by molar-refractivity contribution is 0.0916. The lowest BCUT2D eigenvalue weighted by atomic mass is 9.76. The zero-order valence-electron chi connectivity index (χ0n) is 12.2. The first-order chi connectivity index (χ1) is 9.54. The second-order valence-corrected chi connectivity index (χ2v) is 5.94. The monoisotopic (exact) mass is 277 g/mol. The molecular formula is C16H23NO3. The quantitative estimate of drug-likeness (QED) is 0.889. The average molecular weight is 277 g/mol. The van der Waals surface area contributed by atoms with Crippen LogP contribution in [0.5, 0.6) is 11.5 Å².